The van der Waals surface area contributed by atoms with E-state index in [0.29, 0.717) is 30.2 Å². The van der Waals surface area contributed by atoms with Crippen molar-refractivity contribution >= 4 is 11.4 Å². The van der Waals surface area contributed by atoms with Crippen molar-refractivity contribution in [3.63, 3.8) is 0 Å². The van der Waals surface area contributed by atoms with Gasteiger partial charge >= 0.3 is 0 Å². The minimum Gasteiger partial charge on any atom is -0.497 e. The summed E-state index contributed by atoms with van der Waals surface area (Å²) < 4.78 is 16.5. The summed E-state index contributed by atoms with van der Waals surface area (Å²) >= 11 is 0. The normalized spacial score (nSPS) is 10.8. The maximum absolute atomic E-state index is 12.8. The molecule has 0 aliphatic rings. The molecule has 0 bridgehead atoms. The van der Waals surface area contributed by atoms with Gasteiger partial charge in [-0.05, 0) is 25.5 Å². The zero-order valence-corrected chi connectivity index (χ0v) is 16.2. The number of aromatic hydroxyl groups is 1. The van der Waals surface area contributed by atoms with Gasteiger partial charge in [-0.2, -0.15) is 5.26 Å². The number of hydrogen-bond donors (Lipinski definition) is 1. The third-order valence-corrected chi connectivity index (χ3v) is 4.14. The topological polar surface area (TPSA) is 118 Å². The predicted octanol–water partition coefficient (Wildman–Crippen LogP) is 3.20. The van der Waals surface area contributed by atoms with E-state index in [1.165, 1.54) is 21.1 Å². The molecule has 28 heavy (non-hydrogen) atoms. The molecule has 0 amide bonds. The number of hydrogen-bond acceptors (Lipinski definition) is 8. The zero-order chi connectivity index (χ0) is 20.7. The SMILES string of the molecule is COCCCn1c(O)c(C#N)c(C)c(N=Nc2cc(OC)ccc2OC)c1=O. The first-order chi connectivity index (χ1) is 13.5. The maximum Gasteiger partial charge on any atom is 0.281 e. The van der Waals surface area contributed by atoms with Crippen LogP contribution in [0.15, 0.2) is 33.2 Å². The minimum absolute atomic E-state index is 0.0245. The Hall–Kier alpha value is -3.38. The lowest BCUT2D eigenvalue weighted by Gasteiger charge is -2.13. The first-order valence-corrected chi connectivity index (χ1v) is 8.47. The average molecular weight is 386 g/mol. The summed E-state index contributed by atoms with van der Waals surface area (Å²) in [5, 5.41) is 27.9. The van der Waals surface area contributed by atoms with Crippen LogP contribution >= 0.6 is 0 Å². The van der Waals surface area contributed by atoms with Crippen LogP contribution in [0.3, 0.4) is 0 Å². The van der Waals surface area contributed by atoms with Crippen molar-refractivity contribution in [2.24, 2.45) is 10.2 Å². The van der Waals surface area contributed by atoms with Crippen LogP contribution in [0.1, 0.15) is 17.5 Å². The minimum atomic E-state index is -0.546. The predicted molar refractivity (Wildman–Crippen MR) is 102 cm³/mol. The molecule has 1 heterocycles. The molecule has 0 saturated carbocycles. The lowest BCUT2D eigenvalue weighted by molar-refractivity contribution is 0.188. The van der Waals surface area contributed by atoms with Gasteiger partial charge in [-0.25, -0.2) is 0 Å². The Morgan fingerprint density at radius 1 is 1.21 bits per heavy atom. The summed E-state index contributed by atoms with van der Waals surface area (Å²) in [6.07, 6.45) is 0.484. The van der Waals surface area contributed by atoms with Crippen LogP contribution in [-0.4, -0.2) is 37.6 Å². The fourth-order valence-electron chi connectivity index (χ4n) is 2.61. The molecule has 148 valence electrons. The second-order valence-corrected chi connectivity index (χ2v) is 5.82. The van der Waals surface area contributed by atoms with E-state index >= 15 is 0 Å². The molecule has 0 saturated heterocycles. The van der Waals surface area contributed by atoms with Crippen molar-refractivity contribution in [2.45, 2.75) is 19.9 Å². The van der Waals surface area contributed by atoms with Crippen molar-refractivity contribution in [3.05, 3.63) is 39.7 Å². The van der Waals surface area contributed by atoms with Gasteiger partial charge in [0.15, 0.2) is 5.69 Å². The van der Waals surface area contributed by atoms with Crippen LogP contribution in [0.25, 0.3) is 0 Å². The largest absolute Gasteiger partial charge is 0.497 e. The molecule has 0 unspecified atom stereocenters. The van der Waals surface area contributed by atoms with Gasteiger partial charge in [-0.15, -0.1) is 10.2 Å². The maximum atomic E-state index is 12.8. The first kappa shape index (κ1) is 20.9. The van der Waals surface area contributed by atoms with Crippen molar-refractivity contribution in [3.8, 4) is 23.4 Å². The number of methoxy groups -OCH3 is 3. The third-order valence-electron chi connectivity index (χ3n) is 4.14. The highest BCUT2D eigenvalue weighted by molar-refractivity contribution is 5.58. The summed E-state index contributed by atoms with van der Waals surface area (Å²) in [5.74, 6) is 0.604. The number of rotatable bonds is 8. The second-order valence-electron chi connectivity index (χ2n) is 5.82. The Morgan fingerprint density at radius 2 is 1.96 bits per heavy atom. The quantitative estimate of drug-likeness (QED) is 0.550. The van der Waals surface area contributed by atoms with Gasteiger partial charge in [-0.1, -0.05) is 0 Å². The van der Waals surface area contributed by atoms with Crippen LogP contribution in [0.5, 0.6) is 17.4 Å². The fraction of sp³-hybridized carbons (Fsp3) is 0.368. The Balaban J connectivity index is 2.57. The van der Waals surface area contributed by atoms with E-state index in [1.807, 2.05) is 6.07 Å². The number of benzene rings is 1. The highest BCUT2D eigenvalue weighted by Gasteiger charge is 2.19. The Labute approximate surface area is 162 Å². The number of nitriles is 1. The number of pyridine rings is 1. The zero-order valence-electron chi connectivity index (χ0n) is 16.2. The first-order valence-electron chi connectivity index (χ1n) is 8.47. The molecule has 2 aromatic rings. The molecule has 0 atom stereocenters. The van der Waals surface area contributed by atoms with E-state index in [2.05, 4.69) is 10.2 Å². The summed E-state index contributed by atoms with van der Waals surface area (Å²) in [6, 6.07) is 6.90. The Kier molecular flexibility index (Phi) is 7.12. The molecule has 0 aliphatic heterocycles. The smallest absolute Gasteiger partial charge is 0.281 e. The molecular weight excluding hydrogens is 364 g/mol. The molecule has 2 rings (SSSR count). The van der Waals surface area contributed by atoms with E-state index in [0.717, 1.165) is 4.57 Å². The summed E-state index contributed by atoms with van der Waals surface area (Å²) in [5.41, 5.74) is 0.00713. The standard InChI is InChI=1S/C19H22N4O5/c1-12-14(11-20)18(24)23(8-5-9-26-2)19(25)17(12)22-21-15-10-13(27-3)6-7-16(15)28-4/h6-7,10,24H,5,8-9H2,1-4H3. The van der Waals surface area contributed by atoms with Gasteiger partial charge < -0.3 is 19.3 Å². The van der Waals surface area contributed by atoms with E-state index in [9.17, 15) is 15.2 Å². The van der Waals surface area contributed by atoms with Gasteiger partial charge in [0.2, 0.25) is 5.88 Å². The average Bonchev–Trinajstić information content (AvgIpc) is 2.70. The number of azo groups is 1. The van der Waals surface area contributed by atoms with Gasteiger partial charge in [-0.3, -0.25) is 9.36 Å². The van der Waals surface area contributed by atoms with E-state index < -0.39 is 5.56 Å². The summed E-state index contributed by atoms with van der Waals surface area (Å²) in [7, 11) is 4.55. The Bertz CT molecular complexity index is 976. The molecule has 0 aliphatic carbocycles. The number of ether oxygens (including phenoxy) is 3. The van der Waals surface area contributed by atoms with Crippen LogP contribution in [-0.2, 0) is 11.3 Å². The van der Waals surface area contributed by atoms with Crippen LogP contribution < -0.4 is 15.0 Å². The van der Waals surface area contributed by atoms with Gasteiger partial charge in [0, 0.05) is 31.9 Å². The van der Waals surface area contributed by atoms with Crippen molar-refractivity contribution < 1.29 is 19.3 Å². The number of aromatic nitrogens is 1. The summed E-state index contributed by atoms with van der Waals surface area (Å²) in [6.45, 7) is 2.12. The molecule has 1 N–H and O–H groups in total. The highest BCUT2D eigenvalue weighted by atomic mass is 16.5. The molecular formula is C19H22N4O5. The molecule has 0 spiro atoms. The molecule has 1 aromatic carbocycles. The molecule has 1 aromatic heterocycles. The van der Waals surface area contributed by atoms with Gasteiger partial charge in [0.05, 0.1) is 14.2 Å². The highest BCUT2D eigenvalue weighted by Crippen LogP contribution is 2.33. The second kappa shape index (κ2) is 9.53. The molecule has 0 fully saturated rings. The van der Waals surface area contributed by atoms with Crippen molar-refractivity contribution in [2.75, 3.05) is 27.9 Å². The summed E-state index contributed by atoms with van der Waals surface area (Å²) in [4.78, 5) is 12.8. The Morgan fingerprint density at radius 3 is 2.57 bits per heavy atom. The van der Waals surface area contributed by atoms with E-state index in [-0.39, 0.29) is 29.2 Å². The molecule has 9 nitrogen and oxygen atoms in total. The van der Waals surface area contributed by atoms with Crippen LogP contribution in [0, 0.1) is 18.3 Å². The third kappa shape index (κ3) is 4.29. The van der Waals surface area contributed by atoms with E-state index in [4.69, 9.17) is 14.2 Å². The fourth-order valence-corrected chi connectivity index (χ4v) is 2.61. The van der Waals surface area contributed by atoms with Crippen molar-refractivity contribution in [1.82, 2.24) is 4.57 Å². The van der Waals surface area contributed by atoms with Crippen molar-refractivity contribution in [1.29, 1.82) is 5.26 Å². The molecule has 0 radical (unpaired) electrons. The lowest BCUT2D eigenvalue weighted by Crippen LogP contribution is -2.22. The molecule has 9 heteroatoms. The van der Waals surface area contributed by atoms with Gasteiger partial charge in [0.1, 0.15) is 28.8 Å². The monoisotopic (exact) mass is 386 g/mol. The van der Waals surface area contributed by atoms with Gasteiger partial charge in [0.25, 0.3) is 5.56 Å². The van der Waals surface area contributed by atoms with E-state index in [1.54, 1.807) is 25.3 Å². The lowest BCUT2D eigenvalue weighted by atomic mass is 10.1. The number of nitrogens with zero attached hydrogens (tertiary/aromatic N) is 4. The van der Waals surface area contributed by atoms with Crippen LogP contribution in [0.4, 0.5) is 11.4 Å². The van der Waals surface area contributed by atoms with Crippen LogP contribution in [0.2, 0.25) is 0 Å².